The van der Waals surface area contributed by atoms with Gasteiger partial charge in [0.2, 0.25) is 0 Å². The fraction of sp³-hybridized carbons (Fsp3) is 0.700. The van der Waals surface area contributed by atoms with E-state index in [2.05, 4.69) is 10.6 Å². The molecule has 9 heteroatoms. The first kappa shape index (κ1) is 22.2. The molecule has 2 N–H and O–H groups in total. The normalized spacial score (nSPS) is 22.2. The number of thiophene rings is 1. The Labute approximate surface area is 175 Å². The third-order valence-corrected chi connectivity index (χ3v) is 5.79. The monoisotopic (exact) mass is 426 g/mol. The quantitative estimate of drug-likeness (QED) is 0.558. The summed E-state index contributed by atoms with van der Waals surface area (Å²) in [6, 6.07) is 3.32. The maximum Gasteiger partial charge on any atom is 0.261 e. The van der Waals surface area contributed by atoms with Gasteiger partial charge in [-0.25, -0.2) is 0 Å². The Hall–Kier alpha value is -1.52. The molecule has 3 rings (SSSR count). The number of amides is 2. The second-order valence-corrected chi connectivity index (χ2v) is 8.09. The van der Waals surface area contributed by atoms with E-state index in [0.29, 0.717) is 36.1 Å². The lowest BCUT2D eigenvalue weighted by atomic mass is 10.2. The summed E-state index contributed by atoms with van der Waals surface area (Å²) in [4.78, 5) is 25.4. The Morgan fingerprint density at radius 2 is 1.34 bits per heavy atom. The van der Waals surface area contributed by atoms with E-state index in [-0.39, 0.29) is 24.4 Å². The van der Waals surface area contributed by atoms with Crippen molar-refractivity contribution in [3.05, 3.63) is 21.9 Å². The zero-order valence-corrected chi connectivity index (χ0v) is 17.5. The highest BCUT2D eigenvalue weighted by atomic mass is 32.1. The van der Waals surface area contributed by atoms with Gasteiger partial charge in [-0.3, -0.25) is 9.59 Å². The van der Waals surface area contributed by atoms with Crippen molar-refractivity contribution in [2.24, 2.45) is 0 Å². The van der Waals surface area contributed by atoms with Crippen LogP contribution in [0.1, 0.15) is 57.9 Å². The predicted molar refractivity (Wildman–Crippen MR) is 108 cm³/mol. The van der Waals surface area contributed by atoms with Crippen molar-refractivity contribution in [3.8, 4) is 0 Å². The van der Waals surface area contributed by atoms with Crippen molar-refractivity contribution in [1.29, 1.82) is 0 Å². The Morgan fingerprint density at radius 1 is 0.862 bits per heavy atom. The molecule has 0 aromatic carbocycles. The molecule has 3 heterocycles. The Morgan fingerprint density at radius 3 is 1.76 bits per heavy atom. The summed E-state index contributed by atoms with van der Waals surface area (Å²) < 4.78 is 22.1. The molecule has 0 spiro atoms. The van der Waals surface area contributed by atoms with E-state index in [1.807, 2.05) is 0 Å². The molecule has 1 aromatic heterocycles. The first-order chi connectivity index (χ1) is 14.2. The Bertz CT molecular complexity index is 588. The smallest absolute Gasteiger partial charge is 0.261 e. The minimum Gasteiger partial charge on any atom is -0.353 e. The third kappa shape index (κ3) is 7.67. The van der Waals surface area contributed by atoms with Crippen LogP contribution in [0.3, 0.4) is 0 Å². The Balaban J connectivity index is 1.29. The van der Waals surface area contributed by atoms with Gasteiger partial charge in [-0.1, -0.05) is 0 Å². The van der Waals surface area contributed by atoms with Crippen molar-refractivity contribution in [2.45, 2.75) is 51.1 Å². The fourth-order valence-corrected chi connectivity index (χ4v) is 3.99. The number of carbonyl (C=O) groups excluding carboxylic acids is 2. The third-order valence-electron chi connectivity index (χ3n) is 4.71. The summed E-state index contributed by atoms with van der Waals surface area (Å²) in [5.41, 5.74) is 0. The highest BCUT2D eigenvalue weighted by molar-refractivity contribution is 7.15. The van der Waals surface area contributed by atoms with Crippen LogP contribution in [0.15, 0.2) is 12.1 Å². The summed E-state index contributed by atoms with van der Waals surface area (Å²) >= 11 is 1.17. The van der Waals surface area contributed by atoms with Crippen molar-refractivity contribution in [2.75, 3.05) is 39.5 Å². The molecule has 0 aliphatic carbocycles. The molecule has 2 aliphatic heterocycles. The van der Waals surface area contributed by atoms with Gasteiger partial charge in [0, 0.05) is 26.3 Å². The lowest BCUT2D eigenvalue weighted by molar-refractivity contribution is -0.161. The van der Waals surface area contributed by atoms with Gasteiger partial charge < -0.3 is 29.6 Å². The second-order valence-electron chi connectivity index (χ2n) is 7.01. The van der Waals surface area contributed by atoms with Gasteiger partial charge >= 0.3 is 0 Å². The van der Waals surface area contributed by atoms with Gasteiger partial charge in [-0.05, 0) is 50.7 Å². The summed E-state index contributed by atoms with van der Waals surface area (Å²) in [7, 11) is 0. The van der Waals surface area contributed by atoms with Crippen LogP contribution in [0.4, 0.5) is 0 Å². The molecule has 8 nitrogen and oxygen atoms in total. The van der Waals surface area contributed by atoms with Crippen LogP contribution in [-0.4, -0.2) is 63.9 Å². The average molecular weight is 427 g/mol. The standard InChI is InChI=1S/C20H30N2O6S/c23-19(21-9-13-27-17-5-1-3-11-25-17)15-7-8-16(29-15)20(24)22-10-14-28-18-6-2-4-12-26-18/h7-8,17-18H,1-6,9-14H2,(H,21,23)(H,22,24). The molecule has 2 saturated heterocycles. The molecule has 2 amide bonds. The van der Waals surface area contributed by atoms with E-state index in [9.17, 15) is 9.59 Å². The largest absolute Gasteiger partial charge is 0.353 e. The van der Waals surface area contributed by atoms with Gasteiger partial charge in [0.05, 0.1) is 23.0 Å². The molecule has 1 aromatic rings. The molecule has 162 valence electrons. The van der Waals surface area contributed by atoms with Crippen LogP contribution in [0.25, 0.3) is 0 Å². The van der Waals surface area contributed by atoms with Crippen molar-refractivity contribution in [3.63, 3.8) is 0 Å². The minimum atomic E-state index is -0.208. The van der Waals surface area contributed by atoms with E-state index in [4.69, 9.17) is 18.9 Å². The maximum absolute atomic E-state index is 12.2. The molecule has 0 bridgehead atoms. The Kier molecular flexibility index (Phi) is 9.36. The average Bonchev–Trinajstić information content (AvgIpc) is 3.26. The summed E-state index contributed by atoms with van der Waals surface area (Å²) in [6.07, 6.45) is 5.85. The molecule has 0 radical (unpaired) electrons. The molecular formula is C20H30N2O6S. The molecule has 2 fully saturated rings. The summed E-state index contributed by atoms with van der Waals surface area (Å²) in [5.74, 6) is -0.417. The van der Waals surface area contributed by atoms with Gasteiger partial charge in [0.1, 0.15) is 0 Å². The molecule has 2 unspecified atom stereocenters. The van der Waals surface area contributed by atoms with Crippen molar-refractivity contribution < 1.29 is 28.5 Å². The number of hydrogen-bond acceptors (Lipinski definition) is 7. The minimum absolute atomic E-state index is 0.161. The van der Waals surface area contributed by atoms with Gasteiger partial charge in [0.25, 0.3) is 11.8 Å². The van der Waals surface area contributed by atoms with Crippen LogP contribution in [0.2, 0.25) is 0 Å². The summed E-state index contributed by atoms with van der Waals surface area (Å²) in [5, 5.41) is 5.61. The first-order valence-electron chi connectivity index (χ1n) is 10.3. The number of nitrogens with one attached hydrogen (secondary N) is 2. The molecule has 29 heavy (non-hydrogen) atoms. The van der Waals surface area contributed by atoms with Crippen LogP contribution in [-0.2, 0) is 18.9 Å². The SMILES string of the molecule is O=C(NCCOC1CCCCO1)c1ccc(C(=O)NCCOC2CCCCO2)s1. The molecule has 0 saturated carbocycles. The van der Waals surface area contributed by atoms with Crippen molar-refractivity contribution in [1.82, 2.24) is 10.6 Å². The lowest BCUT2D eigenvalue weighted by Crippen LogP contribution is -2.30. The first-order valence-corrected chi connectivity index (χ1v) is 11.2. The zero-order chi connectivity index (χ0) is 20.3. The van der Waals surface area contributed by atoms with Crippen LogP contribution in [0, 0.1) is 0 Å². The number of rotatable bonds is 10. The van der Waals surface area contributed by atoms with E-state index in [1.165, 1.54) is 11.3 Å². The highest BCUT2D eigenvalue weighted by Crippen LogP contribution is 2.17. The van der Waals surface area contributed by atoms with E-state index < -0.39 is 0 Å². The lowest BCUT2D eigenvalue weighted by Gasteiger charge is -2.22. The van der Waals surface area contributed by atoms with Crippen LogP contribution < -0.4 is 10.6 Å². The van der Waals surface area contributed by atoms with Crippen LogP contribution in [0.5, 0.6) is 0 Å². The fourth-order valence-electron chi connectivity index (χ4n) is 3.15. The number of carbonyl (C=O) groups is 2. The topological polar surface area (TPSA) is 95.1 Å². The molecule has 2 atom stereocenters. The molecular weight excluding hydrogens is 396 g/mol. The highest BCUT2D eigenvalue weighted by Gasteiger charge is 2.16. The van der Waals surface area contributed by atoms with Gasteiger partial charge in [-0.2, -0.15) is 0 Å². The maximum atomic E-state index is 12.2. The number of ether oxygens (including phenoxy) is 4. The second kappa shape index (κ2) is 12.2. The van der Waals surface area contributed by atoms with E-state index in [1.54, 1.807) is 12.1 Å². The van der Waals surface area contributed by atoms with Crippen LogP contribution >= 0.6 is 11.3 Å². The predicted octanol–water partition coefficient (Wildman–Crippen LogP) is 2.29. The van der Waals surface area contributed by atoms with E-state index >= 15 is 0 Å². The van der Waals surface area contributed by atoms with Gasteiger partial charge in [0.15, 0.2) is 12.6 Å². The van der Waals surface area contributed by atoms with Gasteiger partial charge in [-0.15, -0.1) is 11.3 Å². The summed E-state index contributed by atoms with van der Waals surface area (Å²) in [6.45, 7) is 3.08. The van der Waals surface area contributed by atoms with E-state index in [0.717, 1.165) is 51.7 Å². The molecule has 2 aliphatic rings. The number of hydrogen-bond donors (Lipinski definition) is 2. The zero-order valence-electron chi connectivity index (χ0n) is 16.7. The van der Waals surface area contributed by atoms with Crippen molar-refractivity contribution >= 4 is 23.2 Å².